The standard InChI is InChI=1S/C18H25N3OS2/c1-4-8-21-17(22)15-13(2)14(3)24-16(15)19-18(21)23-12-11-20-9-6-5-7-10-20/h4H,1,5-12H2,2-3H3. The van der Waals surface area contributed by atoms with Crippen molar-refractivity contribution < 1.29 is 0 Å². The molecule has 3 heterocycles. The van der Waals surface area contributed by atoms with E-state index in [2.05, 4.69) is 18.4 Å². The molecule has 0 radical (unpaired) electrons. The topological polar surface area (TPSA) is 38.1 Å². The summed E-state index contributed by atoms with van der Waals surface area (Å²) in [6.45, 7) is 11.9. The molecule has 1 saturated heterocycles. The number of thioether (sulfide) groups is 1. The lowest BCUT2D eigenvalue weighted by Crippen LogP contribution is -2.31. The van der Waals surface area contributed by atoms with Crippen LogP contribution >= 0.6 is 23.1 Å². The molecule has 0 aromatic carbocycles. The molecule has 2 aromatic heterocycles. The third-order valence-electron chi connectivity index (χ3n) is 4.65. The van der Waals surface area contributed by atoms with Gasteiger partial charge in [-0.05, 0) is 45.3 Å². The Hall–Kier alpha value is -1.11. The second-order valence-electron chi connectivity index (χ2n) is 6.31. The van der Waals surface area contributed by atoms with Gasteiger partial charge in [-0.3, -0.25) is 9.36 Å². The molecule has 130 valence electrons. The van der Waals surface area contributed by atoms with E-state index < -0.39 is 0 Å². The van der Waals surface area contributed by atoms with Crippen molar-refractivity contribution in [3.05, 3.63) is 33.4 Å². The Labute approximate surface area is 151 Å². The number of allylic oxidation sites excluding steroid dienone is 1. The van der Waals surface area contributed by atoms with Gasteiger partial charge in [-0.2, -0.15) is 0 Å². The summed E-state index contributed by atoms with van der Waals surface area (Å²) < 4.78 is 1.77. The summed E-state index contributed by atoms with van der Waals surface area (Å²) in [4.78, 5) is 22.3. The number of fused-ring (bicyclic) bond motifs is 1. The van der Waals surface area contributed by atoms with Gasteiger partial charge in [0.15, 0.2) is 5.16 Å². The summed E-state index contributed by atoms with van der Waals surface area (Å²) in [5, 5.41) is 1.60. The Morgan fingerprint density at radius 3 is 2.75 bits per heavy atom. The van der Waals surface area contributed by atoms with Gasteiger partial charge in [0.1, 0.15) is 4.83 Å². The Morgan fingerprint density at radius 2 is 2.04 bits per heavy atom. The maximum atomic E-state index is 12.9. The second-order valence-corrected chi connectivity index (χ2v) is 8.58. The highest BCUT2D eigenvalue weighted by molar-refractivity contribution is 7.99. The van der Waals surface area contributed by atoms with Crippen molar-refractivity contribution >= 4 is 33.3 Å². The lowest BCUT2D eigenvalue weighted by Gasteiger charge is -2.26. The van der Waals surface area contributed by atoms with E-state index in [0.717, 1.165) is 33.2 Å². The normalized spacial score (nSPS) is 15.9. The van der Waals surface area contributed by atoms with E-state index in [1.165, 1.54) is 37.2 Å². The molecule has 0 unspecified atom stereocenters. The van der Waals surface area contributed by atoms with E-state index in [1.807, 2.05) is 6.92 Å². The number of piperidine rings is 1. The minimum atomic E-state index is 0.0715. The van der Waals surface area contributed by atoms with Crippen molar-refractivity contribution in [3.63, 3.8) is 0 Å². The molecule has 0 amide bonds. The van der Waals surface area contributed by atoms with Crippen LogP contribution < -0.4 is 5.56 Å². The van der Waals surface area contributed by atoms with Crippen LogP contribution in [0.25, 0.3) is 10.2 Å². The van der Waals surface area contributed by atoms with Gasteiger partial charge in [0.05, 0.1) is 5.39 Å². The van der Waals surface area contributed by atoms with Gasteiger partial charge < -0.3 is 4.90 Å². The van der Waals surface area contributed by atoms with Crippen LogP contribution in [0.4, 0.5) is 0 Å². The summed E-state index contributed by atoms with van der Waals surface area (Å²) in [6.07, 6.45) is 5.75. The molecule has 0 bridgehead atoms. The molecule has 0 aliphatic carbocycles. The maximum absolute atomic E-state index is 12.9. The van der Waals surface area contributed by atoms with E-state index in [1.54, 1.807) is 33.7 Å². The van der Waals surface area contributed by atoms with Crippen LogP contribution in [0.2, 0.25) is 0 Å². The number of aryl methyl sites for hydroxylation is 2. The Bertz CT molecular complexity index is 788. The van der Waals surface area contributed by atoms with Crippen molar-refractivity contribution in [1.82, 2.24) is 14.5 Å². The first-order valence-corrected chi connectivity index (χ1v) is 10.4. The van der Waals surface area contributed by atoms with Crippen molar-refractivity contribution in [2.75, 3.05) is 25.4 Å². The number of rotatable bonds is 6. The van der Waals surface area contributed by atoms with Gasteiger partial charge in [0, 0.05) is 23.7 Å². The van der Waals surface area contributed by atoms with Crippen LogP contribution in [0, 0.1) is 13.8 Å². The zero-order valence-electron chi connectivity index (χ0n) is 14.5. The van der Waals surface area contributed by atoms with Gasteiger partial charge in [0.2, 0.25) is 0 Å². The van der Waals surface area contributed by atoms with Crippen LogP contribution in [0.3, 0.4) is 0 Å². The van der Waals surface area contributed by atoms with Gasteiger partial charge >= 0.3 is 0 Å². The SMILES string of the molecule is C=CCn1c(SCCN2CCCCC2)nc2sc(C)c(C)c2c1=O. The van der Waals surface area contributed by atoms with Crippen LogP contribution in [0.5, 0.6) is 0 Å². The average Bonchev–Trinajstić information content (AvgIpc) is 2.86. The van der Waals surface area contributed by atoms with E-state index in [9.17, 15) is 4.79 Å². The fourth-order valence-corrected chi connectivity index (χ4v) is 5.24. The van der Waals surface area contributed by atoms with Gasteiger partial charge in [-0.25, -0.2) is 4.98 Å². The van der Waals surface area contributed by atoms with Crippen LogP contribution in [0.15, 0.2) is 22.6 Å². The number of aromatic nitrogens is 2. The number of hydrogen-bond donors (Lipinski definition) is 0. The van der Waals surface area contributed by atoms with Crippen molar-refractivity contribution in [3.8, 4) is 0 Å². The summed E-state index contributed by atoms with van der Waals surface area (Å²) >= 11 is 3.32. The molecule has 0 atom stereocenters. The largest absolute Gasteiger partial charge is 0.303 e. The third kappa shape index (κ3) is 3.60. The third-order valence-corrected chi connectivity index (χ3v) is 6.71. The molecule has 0 N–H and O–H groups in total. The summed E-state index contributed by atoms with van der Waals surface area (Å²) in [5.74, 6) is 0.971. The molecular formula is C18H25N3OS2. The smallest absolute Gasteiger partial charge is 0.263 e. The van der Waals surface area contributed by atoms with E-state index in [-0.39, 0.29) is 5.56 Å². The monoisotopic (exact) mass is 363 g/mol. The molecule has 1 fully saturated rings. The lowest BCUT2D eigenvalue weighted by molar-refractivity contribution is 0.242. The van der Waals surface area contributed by atoms with Crippen molar-refractivity contribution in [2.24, 2.45) is 0 Å². The first-order valence-electron chi connectivity index (χ1n) is 8.58. The fourth-order valence-electron chi connectivity index (χ4n) is 3.16. The molecule has 1 aliphatic rings. The lowest BCUT2D eigenvalue weighted by atomic mass is 10.1. The Kier molecular flexibility index (Phi) is 5.79. The molecule has 0 spiro atoms. The van der Waals surface area contributed by atoms with E-state index >= 15 is 0 Å². The molecule has 0 saturated carbocycles. The molecular weight excluding hydrogens is 338 g/mol. The number of thiophene rings is 1. The van der Waals surface area contributed by atoms with Gasteiger partial charge in [-0.1, -0.05) is 24.3 Å². The van der Waals surface area contributed by atoms with Crippen LogP contribution in [-0.2, 0) is 6.54 Å². The first-order chi connectivity index (χ1) is 11.6. The molecule has 1 aliphatic heterocycles. The van der Waals surface area contributed by atoms with E-state index in [0.29, 0.717) is 6.54 Å². The van der Waals surface area contributed by atoms with Crippen LogP contribution in [-0.4, -0.2) is 39.8 Å². The van der Waals surface area contributed by atoms with Crippen molar-refractivity contribution in [1.29, 1.82) is 0 Å². The molecule has 24 heavy (non-hydrogen) atoms. The predicted octanol–water partition coefficient (Wildman–Crippen LogP) is 3.84. The Balaban J connectivity index is 1.84. The zero-order chi connectivity index (χ0) is 17.1. The number of nitrogens with zero attached hydrogens (tertiary/aromatic N) is 3. The highest BCUT2D eigenvalue weighted by Crippen LogP contribution is 2.28. The fraction of sp³-hybridized carbons (Fsp3) is 0.556. The molecule has 3 rings (SSSR count). The van der Waals surface area contributed by atoms with Crippen molar-refractivity contribution in [2.45, 2.75) is 44.8 Å². The molecule has 2 aromatic rings. The molecule has 6 heteroatoms. The van der Waals surface area contributed by atoms with E-state index in [4.69, 9.17) is 4.98 Å². The second kappa shape index (κ2) is 7.85. The quantitative estimate of drug-likeness (QED) is 0.444. The minimum absolute atomic E-state index is 0.0715. The maximum Gasteiger partial charge on any atom is 0.263 e. The summed E-state index contributed by atoms with van der Waals surface area (Å²) in [6, 6.07) is 0. The minimum Gasteiger partial charge on any atom is -0.303 e. The molecule has 4 nitrogen and oxygen atoms in total. The number of hydrogen-bond acceptors (Lipinski definition) is 5. The average molecular weight is 364 g/mol. The Morgan fingerprint density at radius 1 is 1.29 bits per heavy atom. The summed E-state index contributed by atoms with van der Waals surface area (Å²) in [7, 11) is 0. The van der Waals surface area contributed by atoms with Crippen LogP contribution in [0.1, 0.15) is 29.7 Å². The van der Waals surface area contributed by atoms with Gasteiger partial charge in [0.25, 0.3) is 5.56 Å². The van der Waals surface area contributed by atoms with Gasteiger partial charge in [-0.15, -0.1) is 17.9 Å². The predicted molar refractivity (Wildman–Crippen MR) is 105 cm³/mol. The summed E-state index contributed by atoms with van der Waals surface area (Å²) in [5.41, 5.74) is 1.14. The highest BCUT2D eigenvalue weighted by Gasteiger charge is 2.17. The first kappa shape index (κ1) is 17.7. The zero-order valence-corrected chi connectivity index (χ0v) is 16.1. The highest BCUT2D eigenvalue weighted by atomic mass is 32.2. The number of likely N-dealkylation sites (tertiary alicyclic amines) is 1.